The summed E-state index contributed by atoms with van der Waals surface area (Å²) < 4.78 is 42.2. The number of benzene rings is 1. The molecular formula is C15H21FO4S. The fourth-order valence-corrected chi connectivity index (χ4v) is 3.46. The van der Waals surface area contributed by atoms with E-state index in [1.807, 2.05) is 0 Å². The van der Waals surface area contributed by atoms with Crippen LogP contribution in [0, 0.1) is 11.7 Å². The van der Waals surface area contributed by atoms with Gasteiger partial charge in [0.1, 0.15) is 5.60 Å². The van der Waals surface area contributed by atoms with Gasteiger partial charge in [-0.2, -0.15) is 0 Å². The molecule has 0 aromatic heterocycles. The Labute approximate surface area is 124 Å². The lowest BCUT2D eigenvalue weighted by Gasteiger charge is -2.27. The molecule has 1 atom stereocenters. The molecule has 118 valence electrons. The van der Waals surface area contributed by atoms with Crippen molar-refractivity contribution >= 4 is 9.84 Å². The van der Waals surface area contributed by atoms with Gasteiger partial charge >= 0.3 is 0 Å². The highest BCUT2D eigenvalue weighted by molar-refractivity contribution is 7.90. The van der Waals surface area contributed by atoms with Crippen molar-refractivity contribution in [1.29, 1.82) is 0 Å². The normalized spacial score (nSPS) is 18.3. The molecule has 1 N–H and O–H groups in total. The van der Waals surface area contributed by atoms with Crippen LogP contribution in [0.3, 0.4) is 0 Å². The zero-order valence-corrected chi connectivity index (χ0v) is 13.1. The van der Waals surface area contributed by atoms with Gasteiger partial charge in [-0.05, 0) is 42.9 Å². The second kappa shape index (κ2) is 5.93. The zero-order valence-electron chi connectivity index (χ0n) is 12.3. The van der Waals surface area contributed by atoms with Crippen LogP contribution in [0.5, 0.6) is 5.75 Å². The smallest absolute Gasteiger partial charge is 0.165 e. The predicted molar refractivity (Wildman–Crippen MR) is 78.5 cm³/mol. The molecule has 1 aliphatic rings. The quantitative estimate of drug-likeness (QED) is 0.838. The van der Waals surface area contributed by atoms with E-state index in [4.69, 9.17) is 4.74 Å². The number of halogens is 1. The molecule has 0 saturated heterocycles. The first-order valence-electron chi connectivity index (χ1n) is 7.06. The number of sulfone groups is 1. The first-order chi connectivity index (χ1) is 9.73. The topological polar surface area (TPSA) is 63.6 Å². The summed E-state index contributed by atoms with van der Waals surface area (Å²) in [5.74, 6) is -0.351. The van der Waals surface area contributed by atoms with E-state index >= 15 is 0 Å². The molecule has 2 rings (SSSR count). The molecule has 0 amide bonds. The molecule has 1 saturated carbocycles. The number of hydrogen-bond donors (Lipinski definition) is 1. The summed E-state index contributed by atoms with van der Waals surface area (Å²) in [6.45, 7) is 2.15. The van der Waals surface area contributed by atoms with Crippen LogP contribution in [0.4, 0.5) is 4.39 Å². The number of hydrogen-bond acceptors (Lipinski definition) is 4. The fourth-order valence-electron chi connectivity index (χ4n) is 2.22. The average Bonchev–Trinajstić information content (AvgIpc) is 3.19. The van der Waals surface area contributed by atoms with E-state index in [-0.39, 0.29) is 12.2 Å². The van der Waals surface area contributed by atoms with Crippen LogP contribution in [0.1, 0.15) is 31.7 Å². The molecule has 0 unspecified atom stereocenters. The summed E-state index contributed by atoms with van der Waals surface area (Å²) in [6, 6.07) is 4.03. The predicted octanol–water partition coefficient (Wildman–Crippen LogP) is 2.26. The highest BCUT2D eigenvalue weighted by atomic mass is 32.2. The van der Waals surface area contributed by atoms with E-state index in [1.165, 1.54) is 18.2 Å². The monoisotopic (exact) mass is 316 g/mol. The van der Waals surface area contributed by atoms with Crippen molar-refractivity contribution in [2.45, 2.75) is 31.8 Å². The Morgan fingerprint density at radius 3 is 2.62 bits per heavy atom. The fraction of sp³-hybridized carbons (Fsp3) is 0.600. The summed E-state index contributed by atoms with van der Waals surface area (Å²) in [4.78, 5) is 0. The molecule has 0 bridgehead atoms. The van der Waals surface area contributed by atoms with Crippen LogP contribution in [-0.4, -0.2) is 32.1 Å². The summed E-state index contributed by atoms with van der Waals surface area (Å²) in [7, 11) is -3.37. The van der Waals surface area contributed by atoms with Gasteiger partial charge in [0.15, 0.2) is 21.4 Å². The molecule has 0 heterocycles. The van der Waals surface area contributed by atoms with E-state index in [2.05, 4.69) is 0 Å². The minimum atomic E-state index is -3.37. The van der Waals surface area contributed by atoms with Crippen LogP contribution in [0.15, 0.2) is 18.2 Å². The number of ether oxygens (including phenoxy) is 1. The maximum absolute atomic E-state index is 13.7. The third-order valence-corrected chi connectivity index (χ3v) is 4.73. The molecule has 0 spiro atoms. The third-order valence-electron chi connectivity index (χ3n) is 3.73. The van der Waals surface area contributed by atoms with Crippen molar-refractivity contribution in [2.75, 3.05) is 18.6 Å². The van der Waals surface area contributed by atoms with Gasteiger partial charge in [0, 0.05) is 6.26 Å². The Morgan fingerprint density at radius 2 is 2.10 bits per heavy atom. The van der Waals surface area contributed by atoms with Gasteiger partial charge in [-0.1, -0.05) is 13.0 Å². The summed E-state index contributed by atoms with van der Waals surface area (Å²) >= 11 is 0. The Hall–Kier alpha value is -1.14. The minimum absolute atomic E-state index is 0.0692. The van der Waals surface area contributed by atoms with Gasteiger partial charge in [0.05, 0.1) is 12.4 Å². The van der Waals surface area contributed by atoms with Crippen LogP contribution in [0.25, 0.3) is 0 Å². The molecule has 0 radical (unpaired) electrons. The Balaban J connectivity index is 2.25. The van der Waals surface area contributed by atoms with E-state index < -0.39 is 27.0 Å². The maximum atomic E-state index is 13.7. The lowest BCUT2D eigenvalue weighted by molar-refractivity contribution is 0.0562. The summed E-state index contributed by atoms with van der Waals surface area (Å²) in [5, 5.41) is 10.6. The SMILES string of the molecule is CC[C@@](O)(CS(C)(=O)=O)c1ccc(F)c(OCC2CC2)c1. The van der Waals surface area contributed by atoms with Crippen molar-refractivity contribution in [3.05, 3.63) is 29.6 Å². The largest absolute Gasteiger partial charge is 0.490 e. The molecule has 21 heavy (non-hydrogen) atoms. The molecule has 1 aromatic rings. The van der Waals surface area contributed by atoms with Crippen molar-refractivity contribution in [1.82, 2.24) is 0 Å². The highest BCUT2D eigenvalue weighted by Crippen LogP contribution is 2.33. The van der Waals surface area contributed by atoms with Crippen LogP contribution in [0.2, 0.25) is 0 Å². The third kappa shape index (κ3) is 4.41. The van der Waals surface area contributed by atoms with E-state index in [1.54, 1.807) is 6.92 Å². The van der Waals surface area contributed by atoms with Gasteiger partial charge in [0.2, 0.25) is 0 Å². The van der Waals surface area contributed by atoms with Crippen molar-refractivity contribution in [2.24, 2.45) is 5.92 Å². The summed E-state index contributed by atoms with van der Waals surface area (Å²) in [6.07, 6.45) is 3.47. The van der Waals surface area contributed by atoms with Gasteiger partial charge in [-0.25, -0.2) is 12.8 Å². The van der Waals surface area contributed by atoms with E-state index in [0.29, 0.717) is 18.1 Å². The molecule has 1 fully saturated rings. The highest BCUT2D eigenvalue weighted by Gasteiger charge is 2.32. The minimum Gasteiger partial charge on any atom is -0.490 e. The Morgan fingerprint density at radius 1 is 1.43 bits per heavy atom. The second-order valence-electron chi connectivity index (χ2n) is 5.85. The molecule has 0 aliphatic heterocycles. The van der Waals surface area contributed by atoms with Gasteiger partial charge in [-0.15, -0.1) is 0 Å². The van der Waals surface area contributed by atoms with E-state index in [0.717, 1.165) is 19.1 Å². The molecular weight excluding hydrogens is 295 g/mol. The van der Waals surface area contributed by atoms with Crippen LogP contribution < -0.4 is 4.74 Å². The van der Waals surface area contributed by atoms with Crippen molar-refractivity contribution < 1.29 is 22.7 Å². The zero-order chi connectivity index (χ0) is 15.7. The van der Waals surface area contributed by atoms with Gasteiger partial charge < -0.3 is 9.84 Å². The van der Waals surface area contributed by atoms with Crippen LogP contribution in [-0.2, 0) is 15.4 Å². The standard InChI is InChI=1S/C15H21FO4S/c1-3-15(17,10-21(2,18)19)12-6-7-13(16)14(8-12)20-9-11-4-5-11/h6-8,11,17H,3-5,9-10H2,1-2H3/t15-/m1/s1. The average molecular weight is 316 g/mol. The lowest BCUT2D eigenvalue weighted by Crippen LogP contribution is -2.33. The van der Waals surface area contributed by atoms with Gasteiger partial charge in [0.25, 0.3) is 0 Å². The summed E-state index contributed by atoms with van der Waals surface area (Å²) in [5.41, 5.74) is -1.17. The molecule has 6 heteroatoms. The Bertz CT molecular complexity index is 610. The van der Waals surface area contributed by atoms with Crippen molar-refractivity contribution in [3.8, 4) is 5.75 Å². The molecule has 1 aliphatic carbocycles. The van der Waals surface area contributed by atoms with Crippen LogP contribution >= 0.6 is 0 Å². The number of aliphatic hydroxyl groups is 1. The first-order valence-corrected chi connectivity index (χ1v) is 9.12. The molecule has 1 aromatic carbocycles. The second-order valence-corrected chi connectivity index (χ2v) is 7.99. The van der Waals surface area contributed by atoms with Gasteiger partial charge in [-0.3, -0.25) is 0 Å². The van der Waals surface area contributed by atoms with Crippen molar-refractivity contribution in [3.63, 3.8) is 0 Å². The number of rotatable bonds is 7. The first kappa shape index (κ1) is 16.2. The van der Waals surface area contributed by atoms with E-state index in [9.17, 15) is 17.9 Å². The Kier molecular flexibility index (Phi) is 4.58. The molecule has 4 nitrogen and oxygen atoms in total. The maximum Gasteiger partial charge on any atom is 0.165 e. The lowest BCUT2D eigenvalue weighted by atomic mass is 9.93.